The molecular formula is C16H12FNOS. The van der Waals surface area contributed by atoms with E-state index in [-0.39, 0.29) is 11.6 Å². The van der Waals surface area contributed by atoms with E-state index in [1.54, 1.807) is 29.5 Å². The first-order valence-electron chi connectivity index (χ1n) is 6.16. The van der Waals surface area contributed by atoms with Crippen LogP contribution >= 0.6 is 11.3 Å². The fraction of sp³-hybridized carbons (Fsp3) is 0.0625. The van der Waals surface area contributed by atoms with Crippen molar-refractivity contribution in [1.82, 2.24) is 4.98 Å². The summed E-state index contributed by atoms with van der Waals surface area (Å²) >= 11 is 1.56. The minimum absolute atomic E-state index is 0.229. The molecule has 100 valence electrons. The van der Waals surface area contributed by atoms with Gasteiger partial charge in [-0.2, -0.15) is 0 Å². The van der Waals surface area contributed by atoms with E-state index >= 15 is 0 Å². The highest BCUT2D eigenvalue weighted by atomic mass is 32.1. The number of aryl methyl sites for hydroxylation is 1. The van der Waals surface area contributed by atoms with Crippen LogP contribution in [0.15, 0.2) is 48.5 Å². The summed E-state index contributed by atoms with van der Waals surface area (Å²) in [5, 5.41) is 10.2. The van der Waals surface area contributed by atoms with Crippen LogP contribution in [0.3, 0.4) is 0 Å². The fourth-order valence-corrected chi connectivity index (χ4v) is 2.97. The number of benzene rings is 2. The molecule has 1 heterocycles. The van der Waals surface area contributed by atoms with Crippen LogP contribution in [0, 0.1) is 12.7 Å². The van der Waals surface area contributed by atoms with Crippen LogP contribution in [-0.2, 0) is 0 Å². The number of nitrogens with zero attached hydrogens (tertiary/aromatic N) is 1. The van der Waals surface area contributed by atoms with Gasteiger partial charge < -0.3 is 5.11 Å². The van der Waals surface area contributed by atoms with Crippen molar-refractivity contribution in [2.45, 2.75) is 6.92 Å². The summed E-state index contributed by atoms with van der Waals surface area (Å²) in [5.74, 6) is -0.0338. The molecule has 3 aromatic rings. The molecule has 4 heteroatoms. The van der Waals surface area contributed by atoms with Gasteiger partial charge in [-0.1, -0.05) is 12.1 Å². The molecule has 1 aromatic heterocycles. The van der Waals surface area contributed by atoms with Crippen LogP contribution in [0.1, 0.15) is 4.88 Å². The third kappa shape index (κ3) is 2.42. The minimum Gasteiger partial charge on any atom is -0.508 e. The van der Waals surface area contributed by atoms with Gasteiger partial charge in [0.2, 0.25) is 0 Å². The molecule has 0 atom stereocenters. The molecule has 3 rings (SSSR count). The van der Waals surface area contributed by atoms with Crippen LogP contribution in [0.25, 0.3) is 21.8 Å². The van der Waals surface area contributed by atoms with Crippen LogP contribution < -0.4 is 0 Å². The second-order valence-electron chi connectivity index (χ2n) is 4.48. The van der Waals surface area contributed by atoms with Crippen LogP contribution in [0.4, 0.5) is 4.39 Å². The summed E-state index contributed by atoms with van der Waals surface area (Å²) in [6.07, 6.45) is 0. The van der Waals surface area contributed by atoms with Gasteiger partial charge in [-0.05, 0) is 43.3 Å². The largest absolute Gasteiger partial charge is 0.508 e. The number of hydrogen-bond donors (Lipinski definition) is 1. The van der Waals surface area contributed by atoms with Crippen molar-refractivity contribution in [2.24, 2.45) is 0 Å². The highest BCUT2D eigenvalue weighted by Gasteiger charge is 2.11. The summed E-state index contributed by atoms with van der Waals surface area (Å²) in [6, 6.07) is 13.4. The Bertz CT molecular complexity index is 749. The number of phenolic OH excluding ortho intramolecular Hbond substituents is 1. The predicted octanol–water partition coefficient (Wildman–Crippen LogP) is 4.63. The summed E-state index contributed by atoms with van der Waals surface area (Å²) in [4.78, 5) is 5.63. The molecule has 0 aliphatic rings. The Morgan fingerprint density at radius 3 is 2.50 bits per heavy atom. The Labute approximate surface area is 120 Å². The van der Waals surface area contributed by atoms with Crippen molar-refractivity contribution in [3.8, 4) is 27.6 Å². The number of aromatic hydroxyl groups is 1. The summed E-state index contributed by atoms with van der Waals surface area (Å²) in [7, 11) is 0. The van der Waals surface area contributed by atoms with Crippen molar-refractivity contribution in [2.75, 3.05) is 0 Å². The summed E-state index contributed by atoms with van der Waals surface area (Å²) in [6.45, 7) is 1.97. The first kappa shape index (κ1) is 12.8. The molecule has 0 saturated heterocycles. The Morgan fingerprint density at radius 1 is 1.05 bits per heavy atom. The molecule has 0 amide bonds. The van der Waals surface area contributed by atoms with Gasteiger partial charge in [-0.15, -0.1) is 11.3 Å². The molecule has 0 bridgehead atoms. The molecule has 0 fully saturated rings. The lowest BCUT2D eigenvalue weighted by atomic mass is 10.1. The minimum atomic E-state index is -0.263. The van der Waals surface area contributed by atoms with Gasteiger partial charge in [0.15, 0.2) is 0 Å². The SMILES string of the molecule is Cc1sc(-c2ccc(O)cc2)nc1-c1cccc(F)c1. The average molecular weight is 285 g/mol. The molecule has 2 aromatic carbocycles. The van der Waals surface area contributed by atoms with Gasteiger partial charge >= 0.3 is 0 Å². The second-order valence-corrected chi connectivity index (χ2v) is 5.68. The maximum atomic E-state index is 13.3. The first-order valence-corrected chi connectivity index (χ1v) is 6.98. The molecule has 0 spiro atoms. The Balaban J connectivity index is 2.05. The zero-order valence-electron chi connectivity index (χ0n) is 10.8. The van der Waals surface area contributed by atoms with E-state index in [9.17, 15) is 9.50 Å². The molecule has 20 heavy (non-hydrogen) atoms. The normalized spacial score (nSPS) is 10.7. The summed E-state index contributed by atoms with van der Waals surface area (Å²) < 4.78 is 13.3. The van der Waals surface area contributed by atoms with E-state index in [0.29, 0.717) is 0 Å². The van der Waals surface area contributed by atoms with E-state index in [0.717, 1.165) is 26.7 Å². The number of aromatic nitrogens is 1. The first-order chi connectivity index (χ1) is 9.63. The van der Waals surface area contributed by atoms with Crippen LogP contribution in [0.2, 0.25) is 0 Å². The molecule has 0 unspecified atom stereocenters. The zero-order chi connectivity index (χ0) is 14.1. The lowest BCUT2D eigenvalue weighted by Gasteiger charge is -1.98. The smallest absolute Gasteiger partial charge is 0.124 e. The third-order valence-electron chi connectivity index (χ3n) is 3.01. The Morgan fingerprint density at radius 2 is 1.80 bits per heavy atom. The van der Waals surface area contributed by atoms with Crippen molar-refractivity contribution in [1.29, 1.82) is 0 Å². The van der Waals surface area contributed by atoms with Crippen molar-refractivity contribution in [3.05, 3.63) is 59.2 Å². The Kier molecular flexibility index (Phi) is 3.24. The Hall–Kier alpha value is -2.20. The van der Waals surface area contributed by atoms with Crippen molar-refractivity contribution >= 4 is 11.3 Å². The zero-order valence-corrected chi connectivity index (χ0v) is 11.6. The van der Waals surface area contributed by atoms with Crippen LogP contribution in [0.5, 0.6) is 5.75 Å². The average Bonchev–Trinajstić information content (AvgIpc) is 2.82. The monoisotopic (exact) mass is 285 g/mol. The second kappa shape index (κ2) is 5.06. The number of halogens is 1. The number of thiazole rings is 1. The highest BCUT2D eigenvalue weighted by Crippen LogP contribution is 2.33. The van der Waals surface area contributed by atoms with E-state index in [1.807, 2.05) is 25.1 Å². The lowest BCUT2D eigenvalue weighted by molar-refractivity contribution is 0.475. The molecule has 1 N–H and O–H groups in total. The number of rotatable bonds is 2. The number of hydrogen-bond acceptors (Lipinski definition) is 3. The highest BCUT2D eigenvalue weighted by molar-refractivity contribution is 7.15. The van der Waals surface area contributed by atoms with Gasteiger partial charge in [0.1, 0.15) is 16.6 Å². The topological polar surface area (TPSA) is 33.1 Å². The predicted molar refractivity (Wildman–Crippen MR) is 79.3 cm³/mol. The quantitative estimate of drug-likeness (QED) is 0.744. The van der Waals surface area contributed by atoms with Crippen molar-refractivity contribution in [3.63, 3.8) is 0 Å². The van der Waals surface area contributed by atoms with Gasteiger partial charge in [0.05, 0.1) is 5.69 Å². The number of phenols is 1. The molecule has 0 radical (unpaired) electrons. The van der Waals surface area contributed by atoms with Gasteiger partial charge in [0, 0.05) is 16.0 Å². The van der Waals surface area contributed by atoms with Gasteiger partial charge in [-0.25, -0.2) is 9.37 Å². The van der Waals surface area contributed by atoms with E-state index in [2.05, 4.69) is 4.98 Å². The third-order valence-corrected chi connectivity index (χ3v) is 4.03. The van der Waals surface area contributed by atoms with Gasteiger partial charge in [-0.3, -0.25) is 0 Å². The fourth-order valence-electron chi connectivity index (χ4n) is 2.03. The molecule has 0 saturated carbocycles. The molecule has 2 nitrogen and oxygen atoms in total. The molecule has 0 aliphatic heterocycles. The van der Waals surface area contributed by atoms with E-state index in [4.69, 9.17) is 0 Å². The molecule has 0 aliphatic carbocycles. The summed E-state index contributed by atoms with van der Waals surface area (Å²) in [5.41, 5.74) is 2.53. The van der Waals surface area contributed by atoms with Gasteiger partial charge in [0.25, 0.3) is 0 Å². The maximum Gasteiger partial charge on any atom is 0.124 e. The van der Waals surface area contributed by atoms with Crippen molar-refractivity contribution < 1.29 is 9.50 Å². The molecular weight excluding hydrogens is 273 g/mol. The van der Waals surface area contributed by atoms with E-state index < -0.39 is 0 Å². The maximum absolute atomic E-state index is 13.3. The van der Waals surface area contributed by atoms with Crippen LogP contribution in [-0.4, -0.2) is 10.1 Å². The lowest BCUT2D eigenvalue weighted by Crippen LogP contribution is -1.83. The van der Waals surface area contributed by atoms with E-state index in [1.165, 1.54) is 12.1 Å². The standard InChI is InChI=1S/C16H12FNOS/c1-10-15(12-3-2-4-13(17)9-12)18-16(20-10)11-5-7-14(19)8-6-11/h2-9,19H,1H3.